The van der Waals surface area contributed by atoms with Gasteiger partial charge in [0.2, 0.25) is 0 Å². The topological polar surface area (TPSA) is 0 Å². The van der Waals surface area contributed by atoms with E-state index in [0.29, 0.717) is 5.92 Å². The van der Waals surface area contributed by atoms with Crippen LogP contribution < -0.4 is 0 Å². The smallest absolute Gasteiger partial charge is 0.0444 e. The maximum absolute atomic E-state index is 6.37. The molecule has 0 aliphatic rings. The summed E-state index contributed by atoms with van der Waals surface area (Å²) in [5.41, 5.74) is 0. The number of rotatable bonds is 5. The van der Waals surface area contributed by atoms with Crippen molar-refractivity contribution in [2.75, 3.05) is 0 Å². The number of alkyl halides is 1. The first-order valence-corrected chi connectivity index (χ1v) is 5.11. The Morgan fingerprint density at radius 2 is 1.91 bits per heavy atom. The first-order chi connectivity index (χ1) is 5.04. The molecule has 0 fully saturated rings. The highest BCUT2D eigenvalue weighted by Gasteiger charge is 2.25. The van der Waals surface area contributed by atoms with Gasteiger partial charge in [0.05, 0.1) is 0 Å². The summed E-state index contributed by atoms with van der Waals surface area (Å²) in [6.07, 6.45) is 4.84. The minimum Gasteiger partial charge on any atom is -0.119 e. The summed E-state index contributed by atoms with van der Waals surface area (Å²) in [5.74, 6) is 0.635. The second-order valence-corrected chi connectivity index (χ2v) is 4.55. The molecule has 0 N–H and O–H groups in total. The lowest BCUT2D eigenvalue weighted by atomic mass is 9.88. The lowest BCUT2D eigenvalue weighted by Gasteiger charge is -2.28. The summed E-state index contributed by atoms with van der Waals surface area (Å²) in [7, 11) is 0. The molecule has 0 radical (unpaired) electrons. The van der Waals surface area contributed by atoms with E-state index in [4.69, 9.17) is 11.6 Å². The van der Waals surface area contributed by atoms with Crippen molar-refractivity contribution < 1.29 is 0 Å². The normalized spacial score (nSPS) is 19.4. The SMILES string of the molecule is CCCCC(C)(Cl)C(C)CC. The average molecular weight is 177 g/mol. The molecule has 1 heteroatoms. The van der Waals surface area contributed by atoms with Gasteiger partial charge in [0.15, 0.2) is 0 Å². The lowest BCUT2D eigenvalue weighted by Crippen LogP contribution is -2.25. The molecule has 0 aromatic heterocycles. The van der Waals surface area contributed by atoms with Gasteiger partial charge in [-0.25, -0.2) is 0 Å². The van der Waals surface area contributed by atoms with Crippen LogP contribution >= 0.6 is 11.6 Å². The van der Waals surface area contributed by atoms with Crippen molar-refractivity contribution in [1.82, 2.24) is 0 Å². The predicted octanol–water partition coefficient (Wildman–Crippen LogP) is 4.22. The summed E-state index contributed by atoms with van der Waals surface area (Å²) in [6, 6.07) is 0. The van der Waals surface area contributed by atoms with Gasteiger partial charge in [-0.1, -0.05) is 40.0 Å². The molecule has 0 heterocycles. The maximum atomic E-state index is 6.37. The fourth-order valence-electron chi connectivity index (χ4n) is 1.19. The largest absolute Gasteiger partial charge is 0.119 e. The van der Waals surface area contributed by atoms with Crippen LogP contribution in [0.25, 0.3) is 0 Å². The third kappa shape index (κ3) is 4.00. The van der Waals surface area contributed by atoms with Crippen molar-refractivity contribution in [3.63, 3.8) is 0 Å². The molecule has 68 valence electrons. The van der Waals surface area contributed by atoms with Crippen molar-refractivity contribution >= 4 is 11.6 Å². The fourth-order valence-corrected chi connectivity index (χ4v) is 1.48. The van der Waals surface area contributed by atoms with Crippen LogP contribution in [0.3, 0.4) is 0 Å². The van der Waals surface area contributed by atoms with Gasteiger partial charge in [0.25, 0.3) is 0 Å². The molecular weight excluding hydrogens is 156 g/mol. The Bertz CT molecular complexity index is 97.0. The van der Waals surface area contributed by atoms with E-state index < -0.39 is 0 Å². The Hall–Kier alpha value is 0.290. The molecular formula is C10H21Cl. The van der Waals surface area contributed by atoms with Gasteiger partial charge in [0.1, 0.15) is 0 Å². The van der Waals surface area contributed by atoms with E-state index in [1.54, 1.807) is 0 Å². The number of unbranched alkanes of at least 4 members (excludes halogenated alkanes) is 1. The molecule has 0 saturated heterocycles. The van der Waals surface area contributed by atoms with Crippen molar-refractivity contribution in [2.24, 2.45) is 5.92 Å². The van der Waals surface area contributed by atoms with Crippen LogP contribution in [0.2, 0.25) is 0 Å². The molecule has 0 rings (SSSR count). The summed E-state index contributed by atoms with van der Waals surface area (Å²) in [6.45, 7) is 8.82. The first kappa shape index (κ1) is 11.3. The first-order valence-electron chi connectivity index (χ1n) is 4.73. The highest BCUT2D eigenvalue weighted by Crippen LogP contribution is 2.32. The Morgan fingerprint density at radius 1 is 1.36 bits per heavy atom. The zero-order chi connectivity index (χ0) is 8.91. The van der Waals surface area contributed by atoms with E-state index >= 15 is 0 Å². The Labute approximate surface area is 76.3 Å². The van der Waals surface area contributed by atoms with Crippen molar-refractivity contribution in [2.45, 2.75) is 58.3 Å². The molecule has 0 spiro atoms. The standard InChI is InChI=1S/C10H21Cl/c1-5-7-8-10(4,11)9(3)6-2/h9H,5-8H2,1-4H3. The molecule has 0 aromatic carbocycles. The van der Waals surface area contributed by atoms with Crippen LogP contribution in [0.1, 0.15) is 53.4 Å². The fraction of sp³-hybridized carbons (Fsp3) is 1.00. The Kier molecular flexibility index (Phi) is 5.16. The van der Waals surface area contributed by atoms with Crippen molar-refractivity contribution in [3.8, 4) is 0 Å². The second kappa shape index (κ2) is 5.03. The summed E-state index contributed by atoms with van der Waals surface area (Å²) < 4.78 is 0. The van der Waals surface area contributed by atoms with Crippen LogP contribution in [0.5, 0.6) is 0 Å². The van der Waals surface area contributed by atoms with E-state index in [1.165, 1.54) is 19.3 Å². The van der Waals surface area contributed by atoms with E-state index in [1.807, 2.05) is 0 Å². The van der Waals surface area contributed by atoms with Crippen LogP contribution in [0, 0.1) is 5.92 Å². The molecule has 11 heavy (non-hydrogen) atoms. The Balaban J connectivity index is 3.77. The van der Waals surface area contributed by atoms with Gasteiger partial charge in [-0.15, -0.1) is 11.6 Å². The van der Waals surface area contributed by atoms with Gasteiger partial charge >= 0.3 is 0 Å². The van der Waals surface area contributed by atoms with Gasteiger partial charge < -0.3 is 0 Å². The second-order valence-electron chi connectivity index (χ2n) is 3.69. The van der Waals surface area contributed by atoms with Crippen LogP contribution in [0.15, 0.2) is 0 Å². The van der Waals surface area contributed by atoms with Crippen LogP contribution in [-0.4, -0.2) is 4.87 Å². The third-order valence-corrected chi connectivity index (χ3v) is 3.22. The molecule has 0 aliphatic carbocycles. The molecule has 0 bridgehead atoms. The van der Waals surface area contributed by atoms with E-state index in [2.05, 4.69) is 27.7 Å². The minimum absolute atomic E-state index is 0.0325. The van der Waals surface area contributed by atoms with E-state index in [-0.39, 0.29) is 4.87 Å². The number of halogens is 1. The molecule has 0 aromatic rings. The number of hydrogen-bond donors (Lipinski definition) is 0. The summed E-state index contributed by atoms with van der Waals surface area (Å²) >= 11 is 6.37. The molecule has 0 amide bonds. The van der Waals surface area contributed by atoms with E-state index in [9.17, 15) is 0 Å². The highest BCUT2D eigenvalue weighted by molar-refractivity contribution is 6.23. The van der Waals surface area contributed by atoms with Gasteiger partial charge in [-0.05, 0) is 19.3 Å². The van der Waals surface area contributed by atoms with Crippen LogP contribution in [0.4, 0.5) is 0 Å². The minimum atomic E-state index is 0.0325. The molecule has 2 atom stereocenters. The van der Waals surface area contributed by atoms with Gasteiger partial charge in [0, 0.05) is 4.87 Å². The zero-order valence-corrected chi connectivity index (χ0v) is 9.04. The van der Waals surface area contributed by atoms with Crippen LogP contribution in [-0.2, 0) is 0 Å². The third-order valence-electron chi connectivity index (χ3n) is 2.66. The molecule has 0 saturated carbocycles. The van der Waals surface area contributed by atoms with E-state index in [0.717, 1.165) is 6.42 Å². The average Bonchev–Trinajstić information content (AvgIpc) is 1.99. The summed E-state index contributed by atoms with van der Waals surface area (Å²) in [5, 5.41) is 0. The molecule has 0 aliphatic heterocycles. The van der Waals surface area contributed by atoms with Gasteiger partial charge in [-0.2, -0.15) is 0 Å². The molecule has 2 unspecified atom stereocenters. The quantitative estimate of drug-likeness (QED) is 0.551. The van der Waals surface area contributed by atoms with Crippen molar-refractivity contribution in [3.05, 3.63) is 0 Å². The highest BCUT2D eigenvalue weighted by atomic mass is 35.5. The predicted molar refractivity (Wildman–Crippen MR) is 53.2 cm³/mol. The Morgan fingerprint density at radius 3 is 2.27 bits per heavy atom. The monoisotopic (exact) mass is 176 g/mol. The maximum Gasteiger partial charge on any atom is 0.0444 e. The summed E-state index contributed by atoms with van der Waals surface area (Å²) in [4.78, 5) is 0.0325. The lowest BCUT2D eigenvalue weighted by molar-refractivity contribution is 0.379. The van der Waals surface area contributed by atoms with Gasteiger partial charge in [-0.3, -0.25) is 0 Å². The molecule has 0 nitrogen and oxygen atoms in total. The number of hydrogen-bond acceptors (Lipinski definition) is 0. The van der Waals surface area contributed by atoms with Crippen molar-refractivity contribution in [1.29, 1.82) is 0 Å². The zero-order valence-electron chi connectivity index (χ0n) is 8.28.